The zero-order valence-electron chi connectivity index (χ0n) is 20.8. The Balaban J connectivity index is 1.58. The smallest absolute Gasteiger partial charge is 0.255 e. The predicted octanol–water partition coefficient (Wildman–Crippen LogP) is 6.88. The van der Waals surface area contributed by atoms with Gasteiger partial charge in [-0.2, -0.15) is 8.78 Å². The van der Waals surface area contributed by atoms with E-state index in [0.717, 1.165) is 47.0 Å². The third-order valence-corrected chi connectivity index (χ3v) is 7.08. The van der Waals surface area contributed by atoms with Gasteiger partial charge in [-0.05, 0) is 48.0 Å². The molecule has 1 unspecified atom stereocenters. The lowest BCUT2D eigenvalue weighted by Crippen LogP contribution is -2.18. The molecule has 1 atom stereocenters. The summed E-state index contributed by atoms with van der Waals surface area (Å²) in [6, 6.07) is 10.6. The first-order valence-electron chi connectivity index (χ1n) is 11.5. The standard InChI is InChI=1S/C28H13F8NO4S/c1-40-21-10-15(12-2-5-16(29)18(31)9-12)17(30)11-20(21)37-19-6-4-14(8-13(19)3-7-22(37)38)42(39)41-28-26(35)24(33)23(32)25(34)27(28)36/h2-11H,1H3. The lowest BCUT2D eigenvalue weighted by molar-refractivity contribution is 0.352. The van der Waals surface area contributed by atoms with Crippen LogP contribution in [-0.4, -0.2) is 15.9 Å². The van der Waals surface area contributed by atoms with Crippen LogP contribution in [0.1, 0.15) is 0 Å². The van der Waals surface area contributed by atoms with E-state index in [4.69, 9.17) is 4.74 Å². The molecule has 0 aliphatic heterocycles. The molecule has 216 valence electrons. The van der Waals surface area contributed by atoms with E-state index < -0.39 is 68.9 Å². The fourth-order valence-corrected chi connectivity index (χ4v) is 4.92. The lowest BCUT2D eigenvalue weighted by Gasteiger charge is -2.16. The van der Waals surface area contributed by atoms with Crippen molar-refractivity contribution >= 4 is 22.0 Å². The summed E-state index contributed by atoms with van der Waals surface area (Å²) in [5.41, 5.74) is -0.860. The maximum absolute atomic E-state index is 15.2. The number of fused-ring (bicyclic) bond motifs is 1. The second-order valence-electron chi connectivity index (χ2n) is 8.58. The van der Waals surface area contributed by atoms with Crippen molar-refractivity contribution in [2.75, 3.05) is 7.11 Å². The molecule has 1 heterocycles. The van der Waals surface area contributed by atoms with Crippen molar-refractivity contribution in [2.24, 2.45) is 0 Å². The average molecular weight is 611 g/mol. The molecule has 0 saturated heterocycles. The summed E-state index contributed by atoms with van der Waals surface area (Å²) in [6.07, 6.45) is 0. The van der Waals surface area contributed by atoms with Crippen molar-refractivity contribution < 1.29 is 48.3 Å². The summed E-state index contributed by atoms with van der Waals surface area (Å²) in [4.78, 5) is 12.6. The number of pyridine rings is 1. The van der Waals surface area contributed by atoms with Crippen LogP contribution >= 0.6 is 0 Å². The van der Waals surface area contributed by atoms with Crippen molar-refractivity contribution in [3.63, 3.8) is 0 Å². The summed E-state index contributed by atoms with van der Waals surface area (Å²) in [6.45, 7) is 0. The minimum absolute atomic E-state index is 0.0116. The van der Waals surface area contributed by atoms with E-state index in [9.17, 15) is 39.7 Å². The van der Waals surface area contributed by atoms with Gasteiger partial charge in [-0.25, -0.2) is 30.6 Å². The molecule has 0 aliphatic rings. The number of hydrogen-bond acceptors (Lipinski definition) is 4. The summed E-state index contributed by atoms with van der Waals surface area (Å²) in [7, 11) is 1.22. The molecule has 42 heavy (non-hydrogen) atoms. The Morgan fingerprint density at radius 1 is 0.690 bits per heavy atom. The summed E-state index contributed by atoms with van der Waals surface area (Å²) < 4.78 is 134. The first-order chi connectivity index (χ1) is 19.9. The largest absolute Gasteiger partial charge is 0.495 e. The molecule has 0 amide bonds. The van der Waals surface area contributed by atoms with E-state index in [1.54, 1.807) is 0 Å². The van der Waals surface area contributed by atoms with E-state index in [0.29, 0.717) is 0 Å². The molecule has 0 radical (unpaired) electrons. The zero-order chi connectivity index (χ0) is 30.5. The molecule has 0 fully saturated rings. The SMILES string of the molecule is COc1cc(-c2ccc(F)c(F)c2)c(F)cc1-n1c(=O)ccc2cc(S(=O)Oc3c(F)c(F)c(F)c(F)c3F)ccc21. The maximum atomic E-state index is 15.2. The Morgan fingerprint density at radius 3 is 2.00 bits per heavy atom. The number of ether oxygens (including phenoxy) is 1. The highest BCUT2D eigenvalue weighted by Crippen LogP contribution is 2.35. The topological polar surface area (TPSA) is 57.5 Å². The molecule has 5 rings (SSSR count). The molecular weight excluding hydrogens is 598 g/mol. The van der Waals surface area contributed by atoms with Crippen molar-refractivity contribution in [3.8, 4) is 28.3 Å². The first kappa shape index (κ1) is 28.8. The highest BCUT2D eigenvalue weighted by atomic mass is 32.2. The van der Waals surface area contributed by atoms with Gasteiger partial charge in [-0.3, -0.25) is 9.36 Å². The van der Waals surface area contributed by atoms with Crippen LogP contribution in [0.25, 0.3) is 27.7 Å². The number of aromatic nitrogens is 1. The van der Waals surface area contributed by atoms with Crippen molar-refractivity contribution in [1.29, 1.82) is 0 Å². The van der Waals surface area contributed by atoms with Crippen LogP contribution in [0.2, 0.25) is 0 Å². The highest BCUT2D eigenvalue weighted by molar-refractivity contribution is 7.80. The number of benzene rings is 4. The van der Waals surface area contributed by atoms with Crippen LogP contribution < -0.4 is 14.5 Å². The van der Waals surface area contributed by atoms with Crippen LogP contribution in [0, 0.1) is 46.5 Å². The number of methoxy groups -OCH3 is 1. The summed E-state index contributed by atoms with van der Waals surface area (Å²) in [5, 5.41) is 0.161. The predicted molar refractivity (Wildman–Crippen MR) is 135 cm³/mol. The molecule has 0 N–H and O–H groups in total. The van der Waals surface area contributed by atoms with Crippen LogP contribution in [0.5, 0.6) is 11.5 Å². The van der Waals surface area contributed by atoms with Crippen LogP contribution in [0.15, 0.2) is 70.4 Å². The average Bonchev–Trinajstić information content (AvgIpc) is 2.98. The minimum atomic E-state index is -2.79. The second kappa shape index (κ2) is 10.9. The zero-order valence-corrected chi connectivity index (χ0v) is 21.6. The molecule has 0 bridgehead atoms. The van der Waals surface area contributed by atoms with Crippen molar-refractivity contribution in [1.82, 2.24) is 4.57 Å². The van der Waals surface area contributed by atoms with Crippen molar-refractivity contribution in [3.05, 3.63) is 118 Å². The summed E-state index contributed by atoms with van der Waals surface area (Å²) in [5.74, 6) is -16.7. The minimum Gasteiger partial charge on any atom is -0.495 e. The van der Waals surface area contributed by atoms with E-state index in [-0.39, 0.29) is 38.4 Å². The number of hydrogen-bond donors (Lipinski definition) is 0. The molecule has 5 aromatic rings. The van der Waals surface area contributed by atoms with Gasteiger partial charge in [-0.15, -0.1) is 0 Å². The molecule has 0 spiro atoms. The van der Waals surface area contributed by atoms with E-state index >= 15 is 4.39 Å². The fourth-order valence-electron chi connectivity index (χ4n) is 4.12. The molecule has 1 aromatic heterocycles. The third kappa shape index (κ3) is 4.87. The van der Waals surface area contributed by atoms with Gasteiger partial charge in [0, 0.05) is 23.1 Å². The van der Waals surface area contributed by atoms with Gasteiger partial charge < -0.3 is 8.92 Å². The lowest BCUT2D eigenvalue weighted by atomic mass is 10.0. The molecule has 0 saturated carbocycles. The van der Waals surface area contributed by atoms with Gasteiger partial charge in [0.2, 0.25) is 45.9 Å². The quantitative estimate of drug-likeness (QED) is 0.119. The molecular formula is C28H13F8NO4S. The Labute approximate surface area is 232 Å². The Hall–Kier alpha value is -4.72. The van der Waals surface area contributed by atoms with E-state index in [2.05, 4.69) is 4.18 Å². The van der Waals surface area contributed by atoms with Crippen molar-refractivity contribution in [2.45, 2.75) is 4.90 Å². The number of rotatable bonds is 6. The highest BCUT2D eigenvalue weighted by Gasteiger charge is 2.29. The third-order valence-electron chi connectivity index (χ3n) is 6.13. The monoisotopic (exact) mass is 611 g/mol. The van der Waals surface area contributed by atoms with Crippen LogP contribution in [0.4, 0.5) is 35.1 Å². The molecule has 0 aliphatic carbocycles. The molecule has 14 heteroatoms. The fraction of sp³-hybridized carbons (Fsp3) is 0.0357. The van der Waals surface area contributed by atoms with Gasteiger partial charge in [0.25, 0.3) is 5.56 Å². The van der Waals surface area contributed by atoms with E-state index in [1.807, 2.05) is 0 Å². The Kier molecular flexibility index (Phi) is 7.49. The number of nitrogens with zero attached hydrogens (tertiary/aromatic N) is 1. The van der Waals surface area contributed by atoms with Crippen LogP contribution in [-0.2, 0) is 11.1 Å². The van der Waals surface area contributed by atoms with Crippen LogP contribution in [0.3, 0.4) is 0 Å². The van der Waals surface area contributed by atoms with Gasteiger partial charge in [0.15, 0.2) is 11.6 Å². The second-order valence-corrected chi connectivity index (χ2v) is 9.68. The van der Waals surface area contributed by atoms with Gasteiger partial charge in [-0.1, -0.05) is 6.07 Å². The molecule has 5 nitrogen and oxygen atoms in total. The number of halogens is 8. The maximum Gasteiger partial charge on any atom is 0.255 e. The summed E-state index contributed by atoms with van der Waals surface area (Å²) >= 11 is -2.79. The van der Waals surface area contributed by atoms with Gasteiger partial charge in [0.1, 0.15) is 11.6 Å². The van der Waals surface area contributed by atoms with E-state index in [1.165, 1.54) is 25.3 Å². The Morgan fingerprint density at radius 2 is 1.36 bits per heavy atom. The first-order valence-corrected chi connectivity index (χ1v) is 12.6. The van der Waals surface area contributed by atoms with Gasteiger partial charge >= 0.3 is 0 Å². The Bertz CT molecular complexity index is 1970. The normalized spacial score (nSPS) is 12.0. The van der Waals surface area contributed by atoms with Gasteiger partial charge in [0.05, 0.1) is 23.2 Å². The molecule has 4 aromatic carbocycles.